The molecular weight excluding hydrogens is 519 g/mol. The Morgan fingerprint density at radius 1 is 0.974 bits per heavy atom. The van der Waals surface area contributed by atoms with Gasteiger partial charge in [-0.15, -0.1) is 0 Å². The van der Waals surface area contributed by atoms with Crippen LogP contribution in [-0.2, 0) is 29.0 Å². The summed E-state index contributed by atoms with van der Waals surface area (Å²) in [6, 6.07) is 11.0. The Hall–Kier alpha value is -2.08. The summed E-state index contributed by atoms with van der Waals surface area (Å²) in [5, 5.41) is 1.36. The van der Waals surface area contributed by atoms with Crippen molar-refractivity contribution in [1.82, 2.24) is 9.80 Å². The number of rotatable bonds is 10. The van der Waals surface area contributed by atoms with Gasteiger partial charge in [0.05, 0.1) is 16.6 Å². The quantitative estimate of drug-likeness (QED) is 0.291. The summed E-state index contributed by atoms with van der Waals surface area (Å²) in [5.74, 6) is 1.38. The second kappa shape index (κ2) is 12.4. The van der Waals surface area contributed by atoms with Crippen LogP contribution in [-0.4, -0.2) is 41.3 Å². The second-order valence-corrected chi connectivity index (χ2v) is 11.8. The first-order chi connectivity index (χ1) is 18.4. The van der Waals surface area contributed by atoms with Crippen molar-refractivity contribution >= 4 is 35.0 Å². The van der Waals surface area contributed by atoms with Crippen LogP contribution >= 0.6 is 23.2 Å². The molecule has 0 aromatic heterocycles. The maximum atomic E-state index is 11.9. The third-order valence-electron chi connectivity index (χ3n) is 8.54. The molecule has 0 radical (unpaired) electrons. The number of imide groups is 1. The van der Waals surface area contributed by atoms with Gasteiger partial charge >= 0.3 is 0 Å². The molecule has 1 atom stereocenters. The highest BCUT2D eigenvalue weighted by Gasteiger charge is 2.32. The van der Waals surface area contributed by atoms with Gasteiger partial charge < -0.3 is 4.74 Å². The van der Waals surface area contributed by atoms with Crippen LogP contribution in [0, 0.1) is 5.92 Å². The first-order valence-electron chi connectivity index (χ1n) is 14.2. The van der Waals surface area contributed by atoms with Gasteiger partial charge in [0.15, 0.2) is 0 Å². The van der Waals surface area contributed by atoms with E-state index in [-0.39, 0.29) is 11.8 Å². The van der Waals surface area contributed by atoms with E-state index in [9.17, 15) is 9.59 Å². The summed E-state index contributed by atoms with van der Waals surface area (Å²) in [5.41, 5.74) is 4.98. The van der Waals surface area contributed by atoms with Gasteiger partial charge in [0.2, 0.25) is 11.8 Å². The van der Waals surface area contributed by atoms with Crippen molar-refractivity contribution in [3.05, 3.63) is 62.6 Å². The third kappa shape index (κ3) is 6.05. The van der Waals surface area contributed by atoms with Crippen LogP contribution in [0.2, 0.25) is 10.0 Å². The molecule has 0 spiro atoms. The molecule has 1 saturated heterocycles. The van der Waals surface area contributed by atoms with E-state index in [0.29, 0.717) is 37.1 Å². The molecule has 2 fully saturated rings. The fraction of sp³-hybridized carbons (Fsp3) is 0.548. The van der Waals surface area contributed by atoms with Gasteiger partial charge in [0.25, 0.3) is 0 Å². The smallest absolute Gasteiger partial charge is 0.229 e. The number of amides is 2. The van der Waals surface area contributed by atoms with Crippen LogP contribution in [0.5, 0.6) is 5.75 Å². The summed E-state index contributed by atoms with van der Waals surface area (Å²) in [4.78, 5) is 27.8. The highest BCUT2D eigenvalue weighted by molar-refractivity contribution is 6.42. The van der Waals surface area contributed by atoms with Gasteiger partial charge in [-0.3, -0.25) is 19.4 Å². The monoisotopic (exact) mass is 556 g/mol. The fourth-order valence-corrected chi connectivity index (χ4v) is 6.94. The number of carbonyl (C=O) groups is 2. The molecule has 2 aromatic rings. The highest BCUT2D eigenvalue weighted by atomic mass is 35.5. The predicted octanol–water partition coefficient (Wildman–Crippen LogP) is 7.15. The Bertz CT molecular complexity index is 1160. The molecule has 204 valence electrons. The molecular formula is C31H38Cl2N2O3. The lowest BCUT2D eigenvalue weighted by Crippen LogP contribution is -2.33. The molecule has 2 aromatic carbocycles. The van der Waals surface area contributed by atoms with E-state index in [0.717, 1.165) is 54.6 Å². The standard InChI is InChI=1S/C31H38Cl2N2O3/c1-2-23-18-22(8-13-28(23)38-17-16-35-29(36)14-15-30(35)37)20-34(19-21-6-4-3-5-7-21)27-12-10-25-24(27)9-11-26(32)31(25)33/h8-9,11,13,18,21,27H,2-7,10,12,14-17,19-20H2,1H3/t27-/m0/s1. The lowest BCUT2D eigenvalue weighted by Gasteiger charge is -2.35. The number of ether oxygens (including phenoxy) is 1. The summed E-state index contributed by atoms with van der Waals surface area (Å²) < 4.78 is 6.05. The number of benzene rings is 2. The van der Waals surface area contributed by atoms with Gasteiger partial charge in [-0.2, -0.15) is 0 Å². The molecule has 2 aliphatic carbocycles. The van der Waals surface area contributed by atoms with Crippen molar-refractivity contribution in [2.24, 2.45) is 5.92 Å². The predicted molar refractivity (Wildman–Crippen MR) is 152 cm³/mol. The van der Waals surface area contributed by atoms with E-state index in [1.807, 2.05) is 6.07 Å². The van der Waals surface area contributed by atoms with E-state index in [1.165, 1.54) is 53.7 Å². The first-order valence-corrected chi connectivity index (χ1v) is 15.0. The van der Waals surface area contributed by atoms with E-state index in [2.05, 4.69) is 36.1 Å². The minimum atomic E-state index is -0.0974. The minimum Gasteiger partial charge on any atom is -0.491 e. The number of hydrogen-bond acceptors (Lipinski definition) is 4. The average molecular weight is 558 g/mol. The molecule has 5 rings (SSSR count). The zero-order valence-corrected chi connectivity index (χ0v) is 23.8. The number of aryl methyl sites for hydroxylation is 1. The zero-order valence-electron chi connectivity index (χ0n) is 22.3. The molecule has 3 aliphatic rings. The highest BCUT2D eigenvalue weighted by Crippen LogP contribution is 2.43. The van der Waals surface area contributed by atoms with Gasteiger partial charge in [-0.05, 0) is 72.4 Å². The Kier molecular flexibility index (Phi) is 8.97. The summed E-state index contributed by atoms with van der Waals surface area (Å²) in [6.07, 6.45) is 10.2. The molecule has 2 amide bonds. The zero-order chi connectivity index (χ0) is 26.6. The average Bonchev–Trinajstić information content (AvgIpc) is 3.50. The van der Waals surface area contributed by atoms with E-state index >= 15 is 0 Å². The van der Waals surface area contributed by atoms with Crippen LogP contribution in [0.3, 0.4) is 0 Å². The lowest BCUT2D eigenvalue weighted by molar-refractivity contribution is -0.138. The number of carbonyl (C=O) groups excluding carboxylic acids is 2. The minimum absolute atomic E-state index is 0.0974. The molecule has 0 N–H and O–H groups in total. The number of nitrogens with zero attached hydrogens (tertiary/aromatic N) is 2. The van der Waals surface area contributed by atoms with Crippen molar-refractivity contribution in [3.8, 4) is 5.75 Å². The van der Waals surface area contributed by atoms with Crippen LogP contribution < -0.4 is 4.74 Å². The molecule has 0 bridgehead atoms. The molecule has 1 saturated carbocycles. The Morgan fingerprint density at radius 2 is 1.74 bits per heavy atom. The van der Waals surface area contributed by atoms with Gasteiger partial charge in [0.1, 0.15) is 12.4 Å². The van der Waals surface area contributed by atoms with Crippen molar-refractivity contribution in [1.29, 1.82) is 0 Å². The number of halogens is 2. The van der Waals surface area contributed by atoms with Gasteiger partial charge in [0, 0.05) is 32.0 Å². The lowest BCUT2D eigenvalue weighted by atomic mass is 9.88. The third-order valence-corrected chi connectivity index (χ3v) is 9.38. The van der Waals surface area contributed by atoms with E-state index in [4.69, 9.17) is 27.9 Å². The largest absolute Gasteiger partial charge is 0.491 e. The summed E-state index contributed by atoms with van der Waals surface area (Å²) in [6.45, 7) is 4.75. The number of fused-ring (bicyclic) bond motifs is 1. The number of likely N-dealkylation sites (tertiary alicyclic amines) is 1. The van der Waals surface area contributed by atoms with E-state index in [1.54, 1.807) is 0 Å². The SMILES string of the molecule is CCc1cc(CN(CC2CCCCC2)[C@H]2CCc3c2ccc(Cl)c3Cl)ccc1OCCN1C(=O)CCC1=O. The van der Waals surface area contributed by atoms with Crippen molar-refractivity contribution in [3.63, 3.8) is 0 Å². The molecule has 5 nitrogen and oxygen atoms in total. The van der Waals surface area contributed by atoms with E-state index < -0.39 is 0 Å². The van der Waals surface area contributed by atoms with Crippen LogP contribution in [0.1, 0.15) is 86.6 Å². The van der Waals surface area contributed by atoms with Crippen LogP contribution in [0.25, 0.3) is 0 Å². The molecule has 38 heavy (non-hydrogen) atoms. The Balaban J connectivity index is 1.31. The van der Waals surface area contributed by atoms with Crippen molar-refractivity contribution in [2.45, 2.75) is 83.7 Å². The fourth-order valence-electron chi connectivity index (χ4n) is 6.49. The van der Waals surface area contributed by atoms with Gasteiger partial charge in [-0.25, -0.2) is 0 Å². The molecule has 1 aliphatic heterocycles. The Labute approximate surface area is 236 Å². The summed E-state index contributed by atoms with van der Waals surface area (Å²) in [7, 11) is 0. The molecule has 1 heterocycles. The maximum absolute atomic E-state index is 11.9. The van der Waals surface area contributed by atoms with Crippen molar-refractivity contribution in [2.75, 3.05) is 19.7 Å². The van der Waals surface area contributed by atoms with Crippen LogP contribution in [0.15, 0.2) is 30.3 Å². The van der Waals surface area contributed by atoms with Crippen LogP contribution in [0.4, 0.5) is 0 Å². The summed E-state index contributed by atoms with van der Waals surface area (Å²) >= 11 is 13.0. The topological polar surface area (TPSA) is 49.9 Å². The second-order valence-electron chi connectivity index (χ2n) is 11.0. The number of hydrogen-bond donors (Lipinski definition) is 0. The Morgan fingerprint density at radius 3 is 2.47 bits per heavy atom. The normalized spacial score (nSPS) is 20.0. The first kappa shape index (κ1) is 27.5. The molecule has 7 heteroatoms. The maximum Gasteiger partial charge on any atom is 0.229 e. The van der Waals surface area contributed by atoms with Gasteiger partial charge in [-0.1, -0.05) is 67.6 Å². The van der Waals surface area contributed by atoms with Crippen molar-refractivity contribution < 1.29 is 14.3 Å². The molecule has 0 unspecified atom stereocenters.